The first-order valence-corrected chi connectivity index (χ1v) is 9.39. The van der Waals surface area contributed by atoms with Gasteiger partial charge in [-0.15, -0.1) is 6.42 Å². The van der Waals surface area contributed by atoms with E-state index in [0.29, 0.717) is 23.5 Å². The Morgan fingerprint density at radius 2 is 2.12 bits per heavy atom. The molecular formula is C22H26O3. The maximum atomic E-state index is 11.2. The van der Waals surface area contributed by atoms with E-state index in [0.717, 1.165) is 38.5 Å². The normalized spacial score (nSPS) is 38.9. The van der Waals surface area contributed by atoms with Crippen molar-refractivity contribution in [3.05, 3.63) is 29.3 Å². The lowest BCUT2D eigenvalue weighted by Gasteiger charge is -2.52. The van der Waals surface area contributed by atoms with Crippen molar-refractivity contribution in [2.45, 2.75) is 63.9 Å². The molecule has 4 rings (SSSR count). The second-order valence-electron chi connectivity index (χ2n) is 8.37. The Morgan fingerprint density at radius 1 is 1.32 bits per heavy atom. The molecule has 1 aromatic carbocycles. The summed E-state index contributed by atoms with van der Waals surface area (Å²) in [7, 11) is 0. The lowest BCUT2D eigenvalue weighted by Crippen LogP contribution is -2.50. The second kappa shape index (κ2) is 5.61. The molecule has 132 valence electrons. The number of hydrogen-bond acceptors (Lipinski definition) is 3. The van der Waals surface area contributed by atoms with Crippen LogP contribution in [0, 0.1) is 29.6 Å². The van der Waals surface area contributed by atoms with Crippen LogP contribution in [0.1, 0.15) is 63.0 Å². The number of carbonyl (C=O) groups excluding carboxylic acids is 1. The molecule has 0 aromatic heterocycles. The molecule has 5 atom stereocenters. The molecule has 0 radical (unpaired) electrons. The fourth-order valence-electron chi connectivity index (χ4n) is 6.04. The third kappa shape index (κ3) is 2.34. The smallest absolute Gasteiger partial charge is 0.308 e. The number of aliphatic hydroxyl groups is 1. The van der Waals surface area contributed by atoms with E-state index in [9.17, 15) is 9.90 Å². The van der Waals surface area contributed by atoms with E-state index in [1.54, 1.807) is 0 Å². The predicted octanol–water partition coefficient (Wildman–Crippen LogP) is 3.83. The Kier molecular flexibility index (Phi) is 3.74. The van der Waals surface area contributed by atoms with E-state index < -0.39 is 5.60 Å². The molecule has 0 heterocycles. The average Bonchev–Trinajstić information content (AvgIpc) is 2.86. The van der Waals surface area contributed by atoms with Crippen molar-refractivity contribution in [1.29, 1.82) is 0 Å². The van der Waals surface area contributed by atoms with Gasteiger partial charge in [0.05, 0.1) is 0 Å². The summed E-state index contributed by atoms with van der Waals surface area (Å²) >= 11 is 0. The molecule has 2 saturated carbocycles. The van der Waals surface area contributed by atoms with Crippen LogP contribution in [-0.4, -0.2) is 16.7 Å². The van der Waals surface area contributed by atoms with Gasteiger partial charge in [0.2, 0.25) is 0 Å². The summed E-state index contributed by atoms with van der Waals surface area (Å²) in [4.78, 5) is 11.2. The van der Waals surface area contributed by atoms with Gasteiger partial charge in [-0.1, -0.05) is 18.9 Å². The average molecular weight is 338 g/mol. The van der Waals surface area contributed by atoms with Crippen molar-refractivity contribution >= 4 is 5.97 Å². The Morgan fingerprint density at radius 3 is 2.84 bits per heavy atom. The number of benzene rings is 1. The molecule has 3 aliphatic rings. The van der Waals surface area contributed by atoms with E-state index in [4.69, 9.17) is 11.2 Å². The minimum atomic E-state index is -0.942. The third-order valence-corrected chi connectivity index (χ3v) is 7.35. The number of fused-ring (bicyclic) bond motifs is 5. The van der Waals surface area contributed by atoms with Crippen LogP contribution in [0.3, 0.4) is 0 Å². The number of esters is 1. The van der Waals surface area contributed by atoms with E-state index >= 15 is 0 Å². The van der Waals surface area contributed by atoms with Crippen molar-refractivity contribution < 1.29 is 14.6 Å². The highest BCUT2D eigenvalue weighted by molar-refractivity contribution is 5.69. The summed E-state index contributed by atoms with van der Waals surface area (Å²) in [6, 6.07) is 6.10. The lowest BCUT2D eigenvalue weighted by atomic mass is 9.53. The molecule has 0 amide bonds. The van der Waals surface area contributed by atoms with Gasteiger partial charge < -0.3 is 9.84 Å². The van der Waals surface area contributed by atoms with E-state index in [1.807, 2.05) is 12.1 Å². The lowest BCUT2D eigenvalue weighted by molar-refractivity contribution is -0.131. The van der Waals surface area contributed by atoms with E-state index in [1.165, 1.54) is 18.1 Å². The summed E-state index contributed by atoms with van der Waals surface area (Å²) in [5, 5.41) is 11.0. The first-order valence-electron chi connectivity index (χ1n) is 9.39. The van der Waals surface area contributed by atoms with Crippen LogP contribution in [0.15, 0.2) is 18.2 Å². The zero-order valence-electron chi connectivity index (χ0n) is 15.0. The highest BCUT2D eigenvalue weighted by Crippen LogP contribution is 2.64. The molecule has 1 aromatic rings. The van der Waals surface area contributed by atoms with Gasteiger partial charge >= 0.3 is 5.97 Å². The van der Waals surface area contributed by atoms with Crippen LogP contribution in [0.4, 0.5) is 0 Å². The minimum Gasteiger partial charge on any atom is -0.427 e. The third-order valence-electron chi connectivity index (χ3n) is 7.35. The van der Waals surface area contributed by atoms with Crippen LogP contribution in [-0.2, 0) is 11.2 Å². The number of carbonyl (C=O) groups is 1. The molecule has 0 bridgehead atoms. The molecular weight excluding hydrogens is 312 g/mol. The summed E-state index contributed by atoms with van der Waals surface area (Å²) in [5.74, 6) is 4.72. The Balaban J connectivity index is 1.65. The zero-order chi connectivity index (χ0) is 17.8. The Labute approximate surface area is 149 Å². The van der Waals surface area contributed by atoms with Gasteiger partial charge in [0.1, 0.15) is 11.4 Å². The number of hydrogen-bond donors (Lipinski definition) is 1. The summed E-state index contributed by atoms with van der Waals surface area (Å²) < 4.78 is 5.25. The number of aryl methyl sites for hydroxylation is 1. The molecule has 25 heavy (non-hydrogen) atoms. The van der Waals surface area contributed by atoms with Crippen LogP contribution >= 0.6 is 0 Å². The maximum absolute atomic E-state index is 11.2. The molecule has 3 aliphatic carbocycles. The first kappa shape index (κ1) is 16.7. The van der Waals surface area contributed by atoms with E-state index in [-0.39, 0.29) is 11.4 Å². The fourth-order valence-corrected chi connectivity index (χ4v) is 6.04. The van der Waals surface area contributed by atoms with Crippen LogP contribution < -0.4 is 4.74 Å². The van der Waals surface area contributed by atoms with Gasteiger partial charge in [-0.05, 0) is 79.5 Å². The van der Waals surface area contributed by atoms with Crippen molar-refractivity contribution in [1.82, 2.24) is 0 Å². The summed E-state index contributed by atoms with van der Waals surface area (Å²) in [5.41, 5.74) is 1.62. The standard InChI is InChI=1S/C22H26O3/c1-4-22(24)12-10-20-19-7-5-15-13-16(25-14(2)23)6-8-17(15)18(19)9-11-21(20,22)3/h1,6,8,13,18-20,24H,5,7,9-12H2,2-3H3. The van der Waals surface area contributed by atoms with Crippen molar-refractivity contribution in [2.24, 2.45) is 17.3 Å². The van der Waals surface area contributed by atoms with Crippen LogP contribution in [0.2, 0.25) is 0 Å². The number of terminal acetylenes is 1. The SMILES string of the molecule is C#CC1(O)CCC2C3CCc4cc(OC(C)=O)ccc4C3CCC21C. The van der Waals surface area contributed by atoms with Gasteiger partial charge in [0, 0.05) is 12.3 Å². The van der Waals surface area contributed by atoms with Crippen LogP contribution in [0.5, 0.6) is 5.75 Å². The monoisotopic (exact) mass is 338 g/mol. The molecule has 0 saturated heterocycles. The predicted molar refractivity (Wildman–Crippen MR) is 96.2 cm³/mol. The van der Waals surface area contributed by atoms with Crippen molar-refractivity contribution in [3.63, 3.8) is 0 Å². The summed E-state index contributed by atoms with van der Waals surface area (Å²) in [6.07, 6.45) is 11.7. The van der Waals surface area contributed by atoms with Crippen molar-refractivity contribution in [3.8, 4) is 18.1 Å². The minimum absolute atomic E-state index is 0.155. The fraction of sp³-hybridized carbons (Fsp3) is 0.591. The van der Waals surface area contributed by atoms with Gasteiger partial charge in [-0.2, -0.15) is 0 Å². The van der Waals surface area contributed by atoms with Gasteiger partial charge in [-0.25, -0.2) is 0 Å². The highest BCUT2D eigenvalue weighted by Gasteiger charge is 2.61. The molecule has 5 unspecified atom stereocenters. The first-order chi connectivity index (χ1) is 11.9. The van der Waals surface area contributed by atoms with Gasteiger partial charge in [0.15, 0.2) is 0 Å². The molecule has 0 spiro atoms. The van der Waals surface area contributed by atoms with Gasteiger partial charge in [0.25, 0.3) is 0 Å². The highest BCUT2D eigenvalue weighted by atomic mass is 16.5. The Bertz CT molecular complexity index is 761. The molecule has 3 heteroatoms. The molecule has 2 fully saturated rings. The Hall–Kier alpha value is -1.79. The zero-order valence-corrected chi connectivity index (χ0v) is 15.0. The van der Waals surface area contributed by atoms with Crippen LogP contribution in [0.25, 0.3) is 0 Å². The number of ether oxygens (including phenoxy) is 1. The summed E-state index contributed by atoms with van der Waals surface area (Å²) in [6.45, 7) is 3.64. The van der Waals surface area contributed by atoms with Gasteiger partial charge in [-0.3, -0.25) is 4.79 Å². The molecule has 1 N–H and O–H groups in total. The second-order valence-corrected chi connectivity index (χ2v) is 8.37. The van der Waals surface area contributed by atoms with E-state index in [2.05, 4.69) is 18.9 Å². The topological polar surface area (TPSA) is 46.5 Å². The number of rotatable bonds is 1. The molecule has 3 nitrogen and oxygen atoms in total. The quantitative estimate of drug-likeness (QED) is 0.481. The maximum Gasteiger partial charge on any atom is 0.308 e. The largest absolute Gasteiger partial charge is 0.427 e. The molecule has 0 aliphatic heterocycles. The van der Waals surface area contributed by atoms with Crippen molar-refractivity contribution in [2.75, 3.05) is 0 Å².